The Morgan fingerprint density at radius 1 is 1.19 bits per heavy atom. The molecule has 5 nitrogen and oxygen atoms in total. The first kappa shape index (κ1) is 17.7. The monoisotopic (exact) mass is 313 g/mol. The molecule has 21 heavy (non-hydrogen) atoms. The highest BCUT2D eigenvalue weighted by Gasteiger charge is 2.23. The minimum Gasteiger partial charge on any atom is -0.462 e. The van der Waals surface area contributed by atoms with Crippen molar-refractivity contribution in [3.05, 3.63) is 28.3 Å². The number of carbonyl (C=O) groups excluding carboxylic acids is 1. The minimum atomic E-state index is -3.87. The van der Waals surface area contributed by atoms with Gasteiger partial charge in [0.2, 0.25) is 10.0 Å². The van der Waals surface area contributed by atoms with E-state index in [0.29, 0.717) is 28.9 Å². The van der Waals surface area contributed by atoms with Crippen LogP contribution in [0.1, 0.15) is 53.2 Å². The Kier molecular flexibility index (Phi) is 5.92. The van der Waals surface area contributed by atoms with Crippen molar-refractivity contribution >= 4 is 16.0 Å². The lowest BCUT2D eigenvalue weighted by Crippen LogP contribution is -2.19. The maximum absolute atomic E-state index is 12.2. The third-order valence-electron chi connectivity index (χ3n) is 3.37. The molecule has 0 saturated carbocycles. The van der Waals surface area contributed by atoms with Gasteiger partial charge in [-0.15, -0.1) is 0 Å². The summed E-state index contributed by atoms with van der Waals surface area (Å²) in [7, 11) is -3.87. The fourth-order valence-corrected chi connectivity index (χ4v) is 3.55. The summed E-state index contributed by atoms with van der Waals surface area (Å²) in [6.07, 6.45) is 2.82. The summed E-state index contributed by atoms with van der Waals surface area (Å²) in [5.74, 6) is -0.494. The predicted molar refractivity (Wildman–Crippen MR) is 81.8 cm³/mol. The molecule has 2 N–H and O–H groups in total. The van der Waals surface area contributed by atoms with E-state index in [4.69, 9.17) is 9.88 Å². The van der Waals surface area contributed by atoms with Gasteiger partial charge in [0, 0.05) is 0 Å². The van der Waals surface area contributed by atoms with Crippen molar-refractivity contribution < 1.29 is 17.9 Å². The van der Waals surface area contributed by atoms with Crippen LogP contribution in [0.2, 0.25) is 0 Å². The van der Waals surface area contributed by atoms with Gasteiger partial charge in [-0.05, 0) is 43.9 Å². The second-order valence-corrected chi connectivity index (χ2v) is 6.73. The van der Waals surface area contributed by atoms with Crippen LogP contribution in [0.5, 0.6) is 0 Å². The van der Waals surface area contributed by atoms with Crippen molar-refractivity contribution in [1.82, 2.24) is 0 Å². The van der Waals surface area contributed by atoms with Gasteiger partial charge in [-0.2, -0.15) is 0 Å². The van der Waals surface area contributed by atoms with E-state index in [9.17, 15) is 13.2 Å². The summed E-state index contributed by atoms with van der Waals surface area (Å²) in [4.78, 5) is 12.2. The van der Waals surface area contributed by atoms with Gasteiger partial charge in [0.25, 0.3) is 0 Å². The van der Waals surface area contributed by atoms with Gasteiger partial charge < -0.3 is 4.74 Å². The van der Waals surface area contributed by atoms with Crippen molar-refractivity contribution in [3.63, 3.8) is 0 Å². The zero-order valence-electron chi connectivity index (χ0n) is 13.0. The summed E-state index contributed by atoms with van der Waals surface area (Å²) in [5.41, 5.74) is 1.88. The van der Waals surface area contributed by atoms with E-state index < -0.39 is 16.0 Å². The number of rotatable bonds is 6. The number of benzene rings is 1. The highest BCUT2D eigenvalue weighted by molar-refractivity contribution is 7.89. The molecule has 0 aliphatic heterocycles. The number of hydrogen-bond donors (Lipinski definition) is 1. The number of carbonyl (C=O) groups is 1. The Labute approximate surface area is 126 Å². The second kappa shape index (κ2) is 7.04. The molecular formula is C15H23NO4S. The third kappa shape index (κ3) is 4.28. The quantitative estimate of drug-likeness (QED) is 0.646. The smallest absolute Gasteiger partial charge is 0.338 e. The van der Waals surface area contributed by atoms with Crippen LogP contribution in [0.25, 0.3) is 0 Å². The molecule has 0 aliphatic carbocycles. The van der Waals surface area contributed by atoms with Crippen molar-refractivity contribution in [3.8, 4) is 0 Å². The van der Waals surface area contributed by atoms with Gasteiger partial charge in [-0.1, -0.05) is 25.8 Å². The molecule has 0 bridgehead atoms. The van der Waals surface area contributed by atoms with Gasteiger partial charge in [-0.3, -0.25) is 0 Å². The van der Waals surface area contributed by atoms with E-state index in [1.165, 1.54) is 0 Å². The molecule has 1 aromatic carbocycles. The first-order valence-corrected chi connectivity index (χ1v) is 8.55. The molecule has 0 fully saturated rings. The number of nitrogens with two attached hydrogens (primary N) is 1. The topological polar surface area (TPSA) is 86.5 Å². The molecule has 0 radical (unpaired) electrons. The molecule has 1 aromatic rings. The molecule has 0 spiro atoms. The molecule has 1 rings (SSSR count). The Morgan fingerprint density at radius 2 is 1.81 bits per heavy atom. The van der Waals surface area contributed by atoms with Crippen molar-refractivity contribution in [2.75, 3.05) is 6.61 Å². The van der Waals surface area contributed by atoms with E-state index >= 15 is 0 Å². The van der Waals surface area contributed by atoms with E-state index in [1.54, 1.807) is 26.8 Å². The minimum absolute atomic E-state index is 0.00797. The fourth-order valence-electron chi connectivity index (χ4n) is 2.51. The van der Waals surface area contributed by atoms with E-state index in [1.807, 2.05) is 0 Å². The maximum atomic E-state index is 12.2. The van der Waals surface area contributed by atoms with Gasteiger partial charge >= 0.3 is 5.97 Å². The van der Waals surface area contributed by atoms with Crippen molar-refractivity contribution in [1.29, 1.82) is 0 Å². The van der Waals surface area contributed by atoms with E-state index in [-0.39, 0.29) is 4.90 Å². The number of sulfonamides is 1. The number of ether oxygens (including phenoxy) is 1. The predicted octanol–water partition coefficient (Wildman–Crippen LogP) is 2.61. The SMILES string of the molecule is CCCCCOC(=O)c1c(C)cc(C)c(S(N)(=O)=O)c1C. The van der Waals surface area contributed by atoms with Gasteiger partial charge in [0.05, 0.1) is 17.1 Å². The Bertz CT molecular complexity index is 636. The van der Waals surface area contributed by atoms with E-state index in [2.05, 4.69) is 6.92 Å². The summed E-state index contributed by atoms with van der Waals surface area (Å²) in [6.45, 7) is 7.41. The molecule has 0 amide bonds. The zero-order chi connectivity index (χ0) is 16.2. The van der Waals surface area contributed by atoms with Crippen LogP contribution in [0.4, 0.5) is 0 Å². The highest BCUT2D eigenvalue weighted by Crippen LogP contribution is 2.26. The molecule has 0 heterocycles. The number of primary sulfonamides is 1. The van der Waals surface area contributed by atoms with Crippen LogP contribution in [0.15, 0.2) is 11.0 Å². The summed E-state index contributed by atoms with van der Waals surface area (Å²) < 4.78 is 28.6. The summed E-state index contributed by atoms with van der Waals surface area (Å²) >= 11 is 0. The first-order chi connectivity index (χ1) is 9.70. The van der Waals surface area contributed by atoms with Crippen LogP contribution in [-0.2, 0) is 14.8 Å². The molecule has 6 heteroatoms. The standard InChI is InChI=1S/C15H23NO4S/c1-5-6-7-8-20-15(17)13-10(2)9-11(3)14(12(13)4)21(16,18)19/h9H,5-8H2,1-4H3,(H2,16,18,19). The third-order valence-corrected chi connectivity index (χ3v) is 4.57. The molecule has 0 atom stereocenters. The second-order valence-electron chi connectivity index (χ2n) is 5.23. The normalized spacial score (nSPS) is 11.5. The largest absolute Gasteiger partial charge is 0.462 e. The van der Waals surface area contributed by atoms with E-state index in [0.717, 1.165) is 19.3 Å². The zero-order valence-corrected chi connectivity index (χ0v) is 13.8. The Balaban J connectivity index is 3.16. The first-order valence-electron chi connectivity index (χ1n) is 7.00. The number of hydrogen-bond acceptors (Lipinski definition) is 4. The van der Waals surface area contributed by atoms with Crippen molar-refractivity contribution in [2.24, 2.45) is 5.14 Å². The average Bonchev–Trinajstić information content (AvgIpc) is 2.32. The van der Waals surface area contributed by atoms with Crippen LogP contribution < -0.4 is 5.14 Å². The number of aryl methyl sites for hydroxylation is 2. The lowest BCUT2D eigenvalue weighted by molar-refractivity contribution is 0.0496. The number of esters is 1. The maximum Gasteiger partial charge on any atom is 0.338 e. The van der Waals surface area contributed by atoms with Crippen LogP contribution >= 0.6 is 0 Å². The van der Waals surface area contributed by atoms with Crippen molar-refractivity contribution in [2.45, 2.75) is 51.9 Å². The fraction of sp³-hybridized carbons (Fsp3) is 0.533. The van der Waals surface area contributed by atoms with Crippen LogP contribution in [-0.4, -0.2) is 21.0 Å². The molecule has 0 unspecified atom stereocenters. The summed E-state index contributed by atoms with van der Waals surface area (Å²) in [6, 6.07) is 1.65. The van der Waals surface area contributed by atoms with Crippen LogP contribution in [0, 0.1) is 20.8 Å². The molecule has 0 aromatic heterocycles. The lowest BCUT2D eigenvalue weighted by Gasteiger charge is -2.15. The van der Waals surface area contributed by atoms with Gasteiger partial charge in [0.15, 0.2) is 0 Å². The molecule has 0 aliphatic rings. The molecule has 118 valence electrons. The average molecular weight is 313 g/mol. The van der Waals surface area contributed by atoms with Gasteiger partial charge in [0.1, 0.15) is 0 Å². The van der Waals surface area contributed by atoms with Crippen LogP contribution in [0.3, 0.4) is 0 Å². The summed E-state index contributed by atoms with van der Waals surface area (Å²) in [5, 5.41) is 5.24. The Hall–Kier alpha value is -1.40. The van der Waals surface area contributed by atoms with Gasteiger partial charge in [-0.25, -0.2) is 18.4 Å². The molecule has 0 saturated heterocycles. The molecular weight excluding hydrogens is 290 g/mol. The highest BCUT2D eigenvalue weighted by atomic mass is 32.2. The Morgan fingerprint density at radius 3 is 2.33 bits per heavy atom. The number of unbranched alkanes of at least 4 members (excludes halogenated alkanes) is 2. The lowest BCUT2D eigenvalue weighted by atomic mass is 10.00.